The Morgan fingerprint density at radius 3 is 2.63 bits per heavy atom. The molecule has 1 aliphatic rings. The van der Waals surface area contributed by atoms with Crippen LogP contribution >= 0.6 is 11.8 Å². The first-order valence-electron chi connectivity index (χ1n) is 8.20. The number of carbonyl (C=O) groups excluding carboxylic acids is 2. The average Bonchev–Trinajstić information content (AvgIpc) is 2.57. The van der Waals surface area contributed by atoms with Crippen molar-refractivity contribution in [3.05, 3.63) is 40.2 Å². The number of nitrogens with zero attached hydrogens (tertiary/aromatic N) is 2. The zero-order chi connectivity index (χ0) is 20.4. The standard InChI is InChI=1S/C19H19FN4O2S/c1-10-5-6-12(7-15(10)20)23-16(25)11(2)27-18-14(9-22)19(3,4)13(8-21)17(26)24-18/h5-7,11,13H,1-4H3,(H,23,25)(H,24,26)/t11-,13-/m1/s1. The Labute approximate surface area is 161 Å². The van der Waals surface area contributed by atoms with Crippen molar-refractivity contribution in [1.82, 2.24) is 5.32 Å². The topological polar surface area (TPSA) is 106 Å². The Morgan fingerprint density at radius 2 is 2.07 bits per heavy atom. The largest absolute Gasteiger partial charge is 0.325 e. The number of allylic oxidation sites excluding steroid dienone is 1. The monoisotopic (exact) mass is 386 g/mol. The van der Waals surface area contributed by atoms with Gasteiger partial charge in [-0.25, -0.2) is 4.39 Å². The second kappa shape index (κ2) is 7.81. The minimum atomic E-state index is -0.990. The van der Waals surface area contributed by atoms with Crippen LogP contribution in [-0.4, -0.2) is 17.1 Å². The molecule has 6 nitrogen and oxygen atoms in total. The van der Waals surface area contributed by atoms with Gasteiger partial charge in [-0.2, -0.15) is 10.5 Å². The number of hydrogen-bond donors (Lipinski definition) is 2. The van der Waals surface area contributed by atoms with Crippen LogP contribution in [0, 0.1) is 46.7 Å². The molecule has 8 heteroatoms. The quantitative estimate of drug-likeness (QED) is 0.826. The second-order valence-electron chi connectivity index (χ2n) is 6.80. The Bertz CT molecular complexity index is 911. The van der Waals surface area contributed by atoms with Gasteiger partial charge in [-0.15, -0.1) is 0 Å². The summed E-state index contributed by atoms with van der Waals surface area (Å²) in [6.07, 6.45) is 0. The van der Waals surface area contributed by atoms with Crippen molar-refractivity contribution >= 4 is 29.3 Å². The van der Waals surface area contributed by atoms with Crippen molar-refractivity contribution in [2.24, 2.45) is 11.3 Å². The van der Waals surface area contributed by atoms with Gasteiger partial charge < -0.3 is 10.6 Å². The molecule has 2 rings (SSSR count). The highest BCUT2D eigenvalue weighted by Gasteiger charge is 2.45. The van der Waals surface area contributed by atoms with Crippen LogP contribution in [0.5, 0.6) is 0 Å². The highest BCUT2D eigenvalue weighted by atomic mass is 32.2. The van der Waals surface area contributed by atoms with Crippen molar-refractivity contribution in [2.75, 3.05) is 5.32 Å². The highest BCUT2D eigenvalue weighted by Crippen LogP contribution is 2.42. The summed E-state index contributed by atoms with van der Waals surface area (Å²) < 4.78 is 13.6. The number of nitrogens with one attached hydrogen (secondary N) is 2. The van der Waals surface area contributed by atoms with E-state index in [0.717, 1.165) is 11.8 Å². The van der Waals surface area contributed by atoms with Crippen molar-refractivity contribution < 1.29 is 14.0 Å². The number of aryl methyl sites for hydroxylation is 1. The molecule has 0 aliphatic carbocycles. The van der Waals surface area contributed by atoms with Gasteiger partial charge in [-0.1, -0.05) is 31.7 Å². The van der Waals surface area contributed by atoms with Crippen molar-refractivity contribution in [1.29, 1.82) is 10.5 Å². The fraction of sp³-hybridized carbons (Fsp3) is 0.368. The van der Waals surface area contributed by atoms with Gasteiger partial charge in [0.15, 0.2) is 0 Å². The van der Waals surface area contributed by atoms with Crippen LogP contribution in [0.15, 0.2) is 28.8 Å². The molecule has 0 spiro atoms. The van der Waals surface area contributed by atoms with E-state index in [4.69, 9.17) is 0 Å². The lowest BCUT2D eigenvalue weighted by molar-refractivity contribution is -0.125. The van der Waals surface area contributed by atoms with Gasteiger partial charge in [0.25, 0.3) is 0 Å². The number of hydrogen-bond acceptors (Lipinski definition) is 5. The fourth-order valence-electron chi connectivity index (χ4n) is 2.66. The molecule has 1 aromatic rings. The molecule has 1 aliphatic heterocycles. The molecule has 1 aromatic carbocycles. The van der Waals surface area contributed by atoms with Crippen LogP contribution < -0.4 is 10.6 Å². The third-order valence-electron chi connectivity index (χ3n) is 4.44. The van der Waals surface area contributed by atoms with Gasteiger partial charge in [0.05, 0.1) is 28.0 Å². The molecule has 0 saturated carbocycles. The molecule has 1 heterocycles. The third kappa shape index (κ3) is 4.12. The van der Waals surface area contributed by atoms with Gasteiger partial charge >= 0.3 is 0 Å². The molecule has 0 unspecified atom stereocenters. The minimum Gasteiger partial charge on any atom is -0.325 e. The first-order valence-corrected chi connectivity index (χ1v) is 9.08. The van der Waals surface area contributed by atoms with E-state index in [-0.39, 0.29) is 10.6 Å². The summed E-state index contributed by atoms with van der Waals surface area (Å²) in [6.45, 7) is 6.54. The molecule has 0 fully saturated rings. The Balaban J connectivity index is 2.21. The van der Waals surface area contributed by atoms with Crippen molar-refractivity contribution in [3.63, 3.8) is 0 Å². The maximum atomic E-state index is 13.6. The first kappa shape index (κ1) is 20.5. The van der Waals surface area contributed by atoms with Gasteiger partial charge in [-0.3, -0.25) is 9.59 Å². The Morgan fingerprint density at radius 1 is 1.41 bits per heavy atom. The van der Waals surface area contributed by atoms with E-state index in [2.05, 4.69) is 10.6 Å². The molecule has 2 atom stereocenters. The van der Waals surface area contributed by atoms with Gasteiger partial charge in [0.2, 0.25) is 11.8 Å². The number of amides is 2. The van der Waals surface area contributed by atoms with E-state index in [1.807, 2.05) is 12.1 Å². The Kier molecular flexibility index (Phi) is 5.92. The molecule has 0 bridgehead atoms. The molecule has 2 N–H and O–H groups in total. The predicted octanol–water partition coefficient (Wildman–Crippen LogP) is 3.23. The fourth-order valence-corrected chi connectivity index (χ4v) is 3.76. The summed E-state index contributed by atoms with van der Waals surface area (Å²) in [4.78, 5) is 24.6. The molecule has 2 amide bonds. The number of halogens is 1. The van der Waals surface area contributed by atoms with Crippen LogP contribution in [0.1, 0.15) is 26.3 Å². The van der Waals surface area contributed by atoms with E-state index in [0.29, 0.717) is 11.3 Å². The molecular formula is C19H19FN4O2S. The van der Waals surface area contributed by atoms with E-state index in [1.165, 1.54) is 6.07 Å². The number of thioether (sulfide) groups is 1. The average molecular weight is 386 g/mol. The normalized spacial score (nSPS) is 19.5. The zero-order valence-electron chi connectivity index (χ0n) is 15.4. The Hall–Kier alpha value is -2.84. The number of carbonyl (C=O) groups is 2. The highest BCUT2D eigenvalue weighted by molar-refractivity contribution is 8.04. The van der Waals surface area contributed by atoms with Crippen molar-refractivity contribution in [3.8, 4) is 12.1 Å². The zero-order valence-corrected chi connectivity index (χ0v) is 16.2. The predicted molar refractivity (Wildman–Crippen MR) is 100 cm³/mol. The van der Waals surface area contributed by atoms with E-state index in [9.17, 15) is 24.5 Å². The van der Waals surface area contributed by atoms with Crippen LogP contribution in [-0.2, 0) is 9.59 Å². The minimum absolute atomic E-state index is 0.250. The summed E-state index contributed by atoms with van der Waals surface area (Å²) in [6, 6.07) is 8.36. The molecule has 140 valence electrons. The van der Waals surface area contributed by atoms with Crippen LogP contribution in [0.2, 0.25) is 0 Å². The molecular weight excluding hydrogens is 367 g/mol. The summed E-state index contributed by atoms with van der Waals surface area (Å²) >= 11 is 1.02. The van der Waals surface area contributed by atoms with Crippen LogP contribution in [0.4, 0.5) is 10.1 Å². The number of nitriles is 2. The van der Waals surface area contributed by atoms with Crippen LogP contribution in [0.3, 0.4) is 0 Å². The maximum Gasteiger partial charge on any atom is 0.243 e. The van der Waals surface area contributed by atoms with Gasteiger partial charge in [0.1, 0.15) is 11.7 Å². The number of rotatable bonds is 4. The van der Waals surface area contributed by atoms with Crippen LogP contribution in [0.25, 0.3) is 0 Å². The molecule has 0 saturated heterocycles. The molecule has 0 aromatic heterocycles. The van der Waals surface area contributed by atoms with E-state index < -0.39 is 34.2 Å². The first-order chi connectivity index (χ1) is 12.6. The van der Waals surface area contributed by atoms with E-state index >= 15 is 0 Å². The number of benzene rings is 1. The summed E-state index contributed by atoms with van der Waals surface area (Å²) in [5, 5.41) is 23.5. The third-order valence-corrected chi connectivity index (χ3v) is 5.55. The van der Waals surface area contributed by atoms with E-state index in [1.54, 1.807) is 39.8 Å². The lowest BCUT2D eigenvalue weighted by atomic mass is 9.72. The second-order valence-corrected chi connectivity index (χ2v) is 8.15. The summed E-state index contributed by atoms with van der Waals surface area (Å²) in [5.41, 5.74) is 0.0745. The SMILES string of the molecule is Cc1ccc(NC(=O)[C@@H](C)SC2=C(C#N)C(C)(C)[C@H](C#N)C(=O)N2)cc1F. The lowest BCUT2D eigenvalue weighted by Gasteiger charge is -2.35. The smallest absolute Gasteiger partial charge is 0.243 e. The molecule has 0 radical (unpaired) electrons. The summed E-state index contributed by atoms with van der Waals surface area (Å²) in [7, 11) is 0. The molecule has 27 heavy (non-hydrogen) atoms. The van der Waals surface area contributed by atoms with Gasteiger partial charge in [0, 0.05) is 11.1 Å². The number of anilines is 1. The lowest BCUT2D eigenvalue weighted by Crippen LogP contribution is -2.45. The summed E-state index contributed by atoms with van der Waals surface area (Å²) in [5.74, 6) is -2.32. The van der Waals surface area contributed by atoms with Crippen molar-refractivity contribution in [2.45, 2.75) is 32.9 Å². The van der Waals surface area contributed by atoms with Gasteiger partial charge in [-0.05, 0) is 31.5 Å². The maximum absolute atomic E-state index is 13.6.